The molecule has 1 aliphatic carbocycles. The van der Waals surface area contributed by atoms with Crippen molar-refractivity contribution in [1.29, 1.82) is 0 Å². The van der Waals surface area contributed by atoms with Gasteiger partial charge in [-0.05, 0) is 91.1 Å². The number of ketones is 2. The minimum atomic E-state index is -1.06. The van der Waals surface area contributed by atoms with Crippen molar-refractivity contribution in [3.05, 3.63) is 76.9 Å². The zero-order chi connectivity index (χ0) is 26.9. The number of carbonyl (C=O) groups is 3. The molecule has 1 saturated carbocycles. The van der Waals surface area contributed by atoms with E-state index in [1.807, 2.05) is 73.6 Å². The minimum absolute atomic E-state index is 0.112. The maximum atomic E-state index is 13.2. The first kappa shape index (κ1) is 28.0. The van der Waals surface area contributed by atoms with Gasteiger partial charge in [-0.2, -0.15) is 0 Å². The lowest BCUT2D eigenvalue weighted by atomic mass is 9.80. The molecule has 37 heavy (non-hydrogen) atoms. The van der Waals surface area contributed by atoms with Crippen LogP contribution in [-0.4, -0.2) is 49.3 Å². The topological polar surface area (TPSA) is 127 Å². The summed E-state index contributed by atoms with van der Waals surface area (Å²) < 4.78 is 0. The summed E-state index contributed by atoms with van der Waals surface area (Å²) in [6, 6.07) is 14.5. The first-order valence-corrected chi connectivity index (χ1v) is 12.7. The van der Waals surface area contributed by atoms with E-state index in [2.05, 4.69) is 0 Å². The van der Waals surface area contributed by atoms with Crippen LogP contribution in [0.15, 0.2) is 60.2 Å². The lowest BCUT2D eigenvalue weighted by Gasteiger charge is -2.22. The molecule has 0 bridgehead atoms. The molecule has 2 aromatic carbocycles. The molecule has 5 N–H and O–H groups in total. The van der Waals surface area contributed by atoms with Gasteiger partial charge in [0.2, 0.25) is 0 Å². The average molecular weight is 504 g/mol. The number of allylic oxidation sites excluding steroid dienone is 2. The number of Topliss-reactive ketones (excluding diaryl/α,β-unsaturated/α-hetero) is 1. The number of nitrogens with two attached hydrogens (primary N) is 2. The van der Waals surface area contributed by atoms with Gasteiger partial charge in [0, 0.05) is 19.8 Å². The Balaban J connectivity index is 1.77. The largest absolute Gasteiger partial charge is 0.480 e. The molecule has 0 aliphatic heterocycles. The number of carbonyl (C=O) groups excluding carboxylic acids is 2. The zero-order valence-corrected chi connectivity index (χ0v) is 21.6. The molecule has 2 aromatic rings. The molecular weight excluding hydrogens is 466 g/mol. The normalized spacial score (nSPS) is 18.6. The van der Waals surface area contributed by atoms with E-state index < -0.39 is 17.9 Å². The molecule has 0 spiro atoms. The van der Waals surface area contributed by atoms with Crippen LogP contribution >= 0.6 is 0 Å². The van der Waals surface area contributed by atoms with Crippen molar-refractivity contribution in [1.82, 2.24) is 0 Å². The van der Waals surface area contributed by atoms with E-state index in [-0.39, 0.29) is 23.9 Å². The number of hydrogen-bond acceptors (Lipinski definition) is 6. The molecule has 3 rings (SSSR count). The van der Waals surface area contributed by atoms with Crippen molar-refractivity contribution < 1.29 is 19.5 Å². The van der Waals surface area contributed by atoms with Crippen molar-refractivity contribution in [2.75, 3.05) is 25.5 Å². The maximum absolute atomic E-state index is 13.2. The van der Waals surface area contributed by atoms with Crippen LogP contribution < -0.4 is 16.4 Å². The highest BCUT2D eigenvalue weighted by molar-refractivity contribution is 6.16. The highest BCUT2D eigenvalue weighted by Crippen LogP contribution is 2.30. The second kappa shape index (κ2) is 13.1. The number of benzene rings is 2. The van der Waals surface area contributed by atoms with E-state index in [0.29, 0.717) is 31.4 Å². The molecule has 0 radical (unpaired) electrons. The van der Waals surface area contributed by atoms with Gasteiger partial charge < -0.3 is 21.5 Å². The Bertz CT molecular complexity index is 1170. The summed E-state index contributed by atoms with van der Waals surface area (Å²) in [7, 11) is 3.95. The summed E-state index contributed by atoms with van der Waals surface area (Å²) in [5.74, 6) is -2.23. The number of rotatable bonds is 11. The van der Waals surface area contributed by atoms with Gasteiger partial charge in [-0.3, -0.25) is 14.4 Å². The Morgan fingerprint density at radius 1 is 1.14 bits per heavy atom. The molecule has 0 amide bonds. The van der Waals surface area contributed by atoms with Crippen molar-refractivity contribution in [3.63, 3.8) is 0 Å². The number of carboxylic acids is 1. The molecule has 1 fully saturated rings. The lowest BCUT2D eigenvalue weighted by Crippen LogP contribution is -2.32. The summed E-state index contributed by atoms with van der Waals surface area (Å²) in [5.41, 5.74) is 16.0. The monoisotopic (exact) mass is 503 g/mol. The Morgan fingerprint density at radius 2 is 1.84 bits per heavy atom. The average Bonchev–Trinajstić information content (AvgIpc) is 2.88. The van der Waals surface area contributed by atoms with Crippen LogP contribution in [0.3, 0.4) is 0 Å². The Hall–Kier alpha value is -3.55. The third-order valence-corrected chi connectivity index (χ3v) is 6.90. The van der Waals surface area contributed by atoms with E-state index in [1.54, 1.807) is 6.08 Å². The summed E-state index contributed by atoms with van der Waals surface area (Å²) in [5, 5.41) is 9.26. The zero-order valence-electron chi connectivity index (χ0n) is 21.6. The minimum Gasteiger partial charge on any atom is -0.480 e. The lowest BCUT2D eigenvalue weighted by molar-refractivity contribution is -0.138. The third-order valence-electron chi connectivity index (χ3n) is 6.90. The number of carboxylic acid groups (broad SMARTS) is 1. The standard InChI is InChI=1S/C30H37N3O4/c1-33(2)24-13-10-20(11-14-24)18-23-7-5-9-26(29(23)35)28(34)15-12-21-6-3-4-8-25(21)22(16-17-31)19-27(32)30(36)37/h3-4,6,8,10-15,18,22,26-27H,5,7,9,16-17,19,31-32H2,1-2H3,(H,36,37)/b15-12+,23-18-. The van der Waals surface area contributed by atoms with E-state index in [1.165, 1.54) is 6.08 Å². The second-order valence-electron chi connectivity index (χ2n) is 9.78. The van der Waals surface area contributed by atoms with Gasteiger partial charge in [0.05, 0.1) is 5.92 Å². The predicted molar refractivity (Wildman–Crippen MR) is 148 cm³/mol. The summed E-state index contributed by atoms with van der Waals surface area (Å²) >= 11 is 0. The molecule has 1 aliphatic rings. The van der Waals surface area contributed by atoms with E-state index in [0.717, 1.165) is 28.8 Å². The molecule has 3 unspecified atom stereocenters. The Labute approximate surface area is 218 Å². The first-order chi connectivity index (χ1) is 17.7. The van der Waals surface area contributed by atoms with Gasteiger partial charge in [-0.25, -0.2) is 0 Å². The van der Waals surface area contributed by atoms with Crippen LogP contribution in [-0.2, 0) is 14.4 Å². The van der Waals surface area contributed by atoms with Gasteiger partial charge in [0.1, 0.15) is 6.04 Å². The second-order valence-corrected chi connectivity index (χ2v) is 9.78. The van der Waals surface area contributed by atoms with Gasteiger partial charge in [-0.15, -0.1) is 0 Å². The summed E-state index contributed by atoms with van der Waals surface area (Å²) in [4.78, 5) is 39.6. The Kier molecular flexibility index (Phi) is 9.94. The molecule has 0 heterocycles. The molecule has 0 aromatic heterocycles. The number of nitrogens with zero attached hydrogens (tertiary/aromatic N) is 1. The SMILES string of the molecule is CN(C)c1ccc(/C=C2/CCCC(C(=O)/C=C/c3ccccc3C(CCN)CC(N)C(=O)O)C2=O)cc1. The van der Waals surface area contributed by atoms with E-state index >= 15 is 0 Å². The molecule has 196 valence electrons. The van der Waals surface area contributed by atoms with Gasteiger partial charge >= 0.3 is 5.97 Å². The van der Waals surface area contributed by atoms with E-state index in [9.17, 15) is 19.5 Å². The van der Waals surface area contributed by atoms with Crippen LogP contribution in [0.4, 0.5) is 5.69 Å². The number of aliphatic carboxylic acids is 1. The smallest absolute Gasteiger partial charge is 0.320 e. The molecule has 3 atom stereocenters. The molecule has 7 heteroatoms. The summed E-state index contributed by atoms with van der Waals surface area (Å²) in [6.45, 7) is 0.386. The highest BCUT2D eigenvalue weighted by atomic mass is 16.4. The van der Waals surface area contributed by atoms with Crippen molar-refractivity contribution >= 4 is 35.4 Å². The van der Waals surface area contributed by atoms with Crippen molar-refractivity contribution in [2.45, 2.75) is 44.1 Å². The van der Waals surface area contributed by atoms with E-state index in [4.69, 9.17) is 11.5 Å². The van der Waals surface area contributed by atoms with Crippen LogP contribution in [0.2, 0.25) is 0 Å². The number of hydrogen-bond donors (Lipinski definition) is 3. The molecular formula is C30H37N3O4. The fourth-order valence-corrected chi connectivity index (χ4v) is 4.79. The van der Waals surface area contributed by atoms with Crippen LogP contribution in [0.25, 0.3) is 12.2 Å². The summed E-state index contributed by atoms with van der Waals surface area (Å²) in [6.07, 6.45) is 7.88. The first-order valence-electron chi connectivity index (χ1n) is 12.7. The van der Waals surface area contributed by atoms with Crippen LogP contribution in [0.1, 0.15) is 54.7 Å². The number of anilines is 1. The van der Waals surface area contributed by atoms with Gasteiger partial charge in [-0.1, -0.05) is 42.5 Å². The fraction of sp³-hybridized carbons (Fsp3) is 0.367. The van der Waals surface area contributed by atoms with Crippen molar-refractivity contribution in [2.24, 2.45) is 17.4 Å². The van der Waals surface area contributed by atoms with Crippen LogP contribution in [0.5, 0.6) is 0 Å². The fourth-order valence-electron chi connectivity index (χ4n) is 4.79. The predicted octanol–water partition coefficient (Wildman–Crippen LogP) is 4.02. The highest BCUT2D eigenvalue weighted by Gasteiger charge is 2.31. The maximum Gasteiger partial charge on any atom is 0.320 e. The molecule has 7 nitrogen and oxygen atoms in total. The van der Waals surface area contributed by atoms with Crippen molar-refractivity contribution in [3.8, 4) is 0 Å². The Morgan fingerprint density at radius 3 is 2.49 bits per heavy atom. The third kappa shape index (κ3) is 7.47. The van der Waals surface area contributed by atoms with Gasteiger partial charge in [0.15, 0.2) is 11.6 Å². The van der Waals surface area contributed by atoms with Crippen LogP contribution in [0, 0.1) is 5.92 Å². The quantitative estimate of drug-likeness (QED) is 0.312. The van der Waals surface area contributed by atoms with Gasteiger partial charge in [0.25, 0.3) is 0 Å². The molecule has 0 saturated heterocycles.